The lowest BCUT2D eigenvalue weighted by Gasteiger charge is -2.32. The molecule has 8 aromatic carbocycles. The van der Waals surface area contributed by atoms with Crippen molar-refractivity contribution in [1.82, 2.24) is 0 Å². The molecule has 240 valence electrons. The first kappa shape index (κ1) is 30.0. The molecule has 0 unspecified atom stereocenters. The highest BCUT2D eigenvalue weighted by molar-refractivity contribution is 6.14. The zero-order chi connectivity index (χ0) is 33.8. The zero-order valence-electron chi connectivity index (χ0n) is 28.4. The van der Waals surface area contributed by atoms with Crippen molar-refractivity contribution in [1.29, 1.82) is 0 Å². The lowest BCUT2D eigenvalue weighted by atomic mass is 9.69. The second kappa shape index (κ2) is 11.8. The highest BCUT2D eigenvalue weighted by Crippen LogP contribution is 2.65. The van der Waals surface area contributed by atoms with Crippen molar-refractivity contribution in [3.8, 4) is 33.4 Å². The van der Waals surface area contributed by atoms with Crippen LogP contribution in [-0.2, 0) is 5.41 Å². The topological polar surface area (TPSA) is 38.0 Å². The number of nitrogens with two attached hydrogens (primary N) is 1. The average Bonchev–Trinajstić information content (AvgIpc) is 3.64. The second-order valence-electron chi connectivity index (χ2n) is 13.4. The van der Waals surface area contributed by atoms with Gasteiger partial charge in [-0.1, -0.05) is 154 Å². The fraction of sp³-hybridized carbons (Fsp3) is 0.0833. The van der Waals surface area contributed by atoms with E-state index in [1.807, 2.05) is 24.3 Å². The van der Waals surface area contributed by atoms with Crippen LogP contribution in [0.25, 0.3) is 54.9 Å². The van der Waals surface area contributed by atoms with Crippen molar-refractivity contribution in [2.24, 2.45) is 0 Å². The molecule has 0 saturated heterocycles. The molecule has 0 amide bonds. The van der Waals surface area contributed by atoms with Crippen LogP contribution in [0.15, 0.2) is 164 Å². The third-order valence-corrected chi connectivity index (χ3v) is 10.4. The summed E-state index contributed by atoms with van der Waals surface area (Å²) in [6.45, 7) is 4.25. The molecule has 10 rings (SSSR count). The molecular weight excluding hydrogens is 605 g/mol. The predicted octanol–water partition coefficient (Wildman–Crippen LogP) is 12.7. The van der Waals surface area contributed by atoms with E-state index in [-0.39, 0.29) is 0 Å². The quantitative estimate of drug-likeness (QED) is 0.188. The summed E-state index contributed by atoms with van der Waals surface area (Å²) in [6.07, 6.45) is 1.25. The number of fused-ring (bicyclic) bond motifs is 14. The van der Waals surface area contributed by atoms with Crippen molar-refractivity contribution in [2.75, 3.05) is 11.1 Å². The molecule has 3 N–H and O–H groups in total. The third kappa shape index (κ3) is 4.28. The molecule has 0 bridgehead atoms. The Kier molecular flexibility index (Phi) is 7.07. The van der Waals surface area contributed by atoms with Crippen LogP contribution in [0.2, 0.25) is 0 Å². The van der Waals surface area contributed by atoms with E-state index >= 15 is 0 Å². The largest absolute Gasteiger partial charge is 0.397 e. The first-order chi connectivity index (χ1) is 24.6. The summed E-state index contributed by atoms with van der Waals surface area (Å²) in [5.74, 6) is 0. The van der Waals surface area contributed by atoms with Crippen LogP contribution >= 0.6 is 0 Å². The predicted molar refractivity (Wildman–Crippen MR) is 213 cm³/mol. The maximum Gasteiger partial charge on any atom is 0.0731 e. The summed E-state index contributed by atoms with van der Waals surface area (Å²) < 4.78 is 0. The van der Waals surface area contributed by atoms with E-state index in [1.54, 1.807) is 0 Å². The van der Waals surface area contributed by atoms with E-state index < -0.39 is 5.41 Å². The normalized spacial score (nSPS) is 12.9. The Morgan fingerprint density at radius 3 is 1.78 bits per heavy atom. The van der Waals surface area contributed by atoms with Crippen molar-refractivity contribution in [3.05, 3.63) is 186 Å². The minimum Gasteiger partial charge on any atom is -0.397 e. The number of nitrogens with one attached hydrogen (secondary N) is 1. The standard InChI is InChI=1S/C45H30N2.C3H8/c46-41-19-9-10-20-42(41)47-30-24-21-29(22-25-30)37-27-40-43(35-16-4-3-13-32(35)37)36-26-23-28-11-1-2-12-31(28)44(36)45(40)38-17-7-5-14-33(38)34-15-6-8-18-39(34)45;1-3-2/h1-27,47H,46H2;3H2,1-2H3. The van der Waals surface area contributed by atoms with E-state index in [0.29, 0.717) is 0 Å². The molecule has 0 radical (unpaired) electrons. The lowest BCUT2D eigenvalue weighted by molar-refractivity contribution is 0.802. The fourth-order valence-electron chi connectivity index (χ4n) is 8.51. The molecule has 2 aliphatic carbocycles. The number of para-hydroxylation sites is 2. The van der Waals surface area contributed by atoms with Crippen LogP contribution in [0.1, 0.15) is 42.5 Å². The minimum absolute atomic E-state index is 0.441. The Balaban J connectivity index is 0.00000109. The molecule has 0 saturated carbocycles. The SMILES string of the molecule is CCC.Nc1ccccc1Nc1ccc(-c2cc3c(c4ccccc24)-c2ccc4ccccc4c2C32c3ccccc3-c3ccccc32)cc1. The Morgan fingerprint density at radius 2 is 1.08 bits per heavy atom. The smallest absolute Gasteiger partial charge is 0.0731 e. The van der Waals surface area contributed by atoms with Crippen LogP contribution in [0.4, 0.5) is 17.1 Å². The van der Waals surface area contributed by atoms with Crippen LogP contribution in [-0.4, -0.2) is 0 Å². The van der Waals surface area contributed by atoms with Gasteiger partial charge in [-0.25, -0.2) is 0 Å². The summed E-state index contributed by atoms with van der Waals surface area (Å²) in [5, 5.41) is 8.63. The van der Waals surface area contributed by atoms with E-state index in [9.17, 15) is 0 Å². The molecule has 0 heterocycles. The number of benzene rings is 8. The molecule has 2 heteroatoms. The van der Waals surface area contributed by atoms with Gasteiger partial charge in [0.1, 0.15) is 0 Å². The highest BCUT2D eigenvalue weighted by atomic mass is 14.9. The maximum atomic E-state index is 6.24. The van der Waals surface area contributed by atoms with Crippen molar-refractivity contribution < 1.29 is 0 Å². The Hall–Kier alpha value is -6.12. The van der Waals surface area contributed by atoms with Gasteiger partial charge >= 0.3 is 0 Å². The molecule has 50 heavy (non-hydrogen) atoms. The number of rotatable bonds is 3. The molecule has 8 aromatic rings. The van der Waals surface area contributed by atoms with Crippen molar-refractivity contribution in [2.45, 2.75) is 25.7 Å². The minimum atomic E-state index is -0.441. The summed E-state index contributed by atoms with van der Waals surface area (Å²) in [7, 11) is 0. The first-order valence-corrected chi connectivity index (χ1v) is 17.6. The van der Waals surface area contributed by atoms with Crippen molar-refractivity contribution >= 4 is 38.6 Å². The van der Waals surface area contributed by atoms with Gasteiger partial charge in [0.15, 0.2) is 0 Å². The summed E-state index contributed by atoms with van der Waals surface area (Å²) in [4.78, 5) is 0. The molecule has 0 fully saturated rings. The van der Waals surface area contributed by atoms with E-state index in [2.05, 4.69) is 159 Å². The highest BCUT2D eigenvalue weighted by Gasteiger charge is 2.53. The van der Waals surface area contributed by atoms with Gasteiger partial charge in [0.2, 0.25) is 0 Å². The van der Waals surface area contributed by atoms with E-state index in [4.69, 9.17) is 5.73 Å². The number of hydrogen-bond donors (Lipinski definition) is 2. The van der Waals surface area contributed by atoms with E-state index in [0.717, 1.165) is 17.1 Å². The van der Waals surface area contributed by atoms with Gasteiger partial charge in [0.25, 0.3) is 0 Å². The van der Waals surface area contributed by atoms with Crippen LogP contribution < -0.4 is 11.1 Å². The fourth-order valence-corrected chi connectivity index (χ4v) is 8.51. The number of anilines is 3. The number of nitrogen functional groups attached to an aromatic ring is 1. The van der Waals surface area contributed by atoms with Gasteiger partial charge in [-0.05, 0) is 108 Å². The van der Waals surface area contributed by atoms with Crippen LogP contribution in [0, 0.1) is 0 Å². The van der Waals surface area contributed by atoms with Gasteiger partial charge < -0.3 is 11.1 Å². The van der Waals surface area contributed by atoms with E-state index in [1.165, 1.54) is 83.6 Å². The van der Waals surface area contributed by atoms with Gasteiger partial charge in [0, 0.05) is 5.69 Å². The van der Waals surface area contributed by atoms with Gasteiger partial charge in [-0.3, -0.25) is 0 Å². The first-order valence-electron chi connectivity index (χ1n) is 17.6. The van der Waals surface area contributed by atoms with Crippen LogP contribution in [0.3, 0.4) is 0 Å². The Bertz CT molecular complexity index is 2530. The Morgan fingerprint density at radius 1 is 0.500 bits per heavy atom. The summed E-state index contributed by atoms with van der Waals surface area (Å²) in [6, 6.07) is 59.8. The molecule has 2 nitrogen and oxygen atoms in total. The monoisotopic (exact) mass is 642 g/mol. The lowest BCUT2D eigenvalue weighted by Crippen LogP contribution is -2.26. The molecule has 0 atom stereocenters. The summed E-state index contributed by atoms with van der Waals surface area (Å²) >= 11 is 0. The van der Waals surface area contributed by atoms with Crippen molar-refractivity contribution in [3.63, 3.8) is 0 Å². The summed E-state index contributed by atoms with van der Waals surface area (Å²) in [5.41, 5.74) is 21.6. The zero-order valence-corrected chi connectivity index (χ0v) is 28.4. The van der Waals surface area contributed by atoms with Gasteiger partial charge in [0.05, 0.1) is 16.8 Å². The third-order valence-electron chi connectivity index (χ3n) is 10.4. The van der Waals surface area contributed by atoms with Gasteiger partial charge in [-0.15, -0.1) is 0 Å². The maximum absolute atomic E-state index is 6.24. The molecular formula is C48H38N2. The number of hydrogen-bond acceptors (Lipinski definition) is 2. The van der Waals surface area contributed by atoms with Gasteiger partial charge in [-0.2, -0.15) is 0 Å². The Labute approximate surface area is 293 Å². The van der Waals surface area contributed by atoms with Crippen LogP contribution in [0.5, 0.6) is 0 Å². The molecule has 2 aliphatic rings. The molecule has 0 aliphatic heterocycles. The molecule has 1 spiro atoms. The molecule has 0 aromatic heterocycles. The average molecular weight is 643 g/mol. The second-order valence-corrected chi connectivity index (χ2v) is 13.4.